The van der Waals surface area contributed by atoms with Gasteiger partial charge in [0.2, 0.25) is 0 Å². The Labute approximate surface area is 190 Å². The molecule has 0 spiro atoms. The van der Waals surface area contributed by atoms with Crippen LogP contribution in [0.15, 0.2) is 46.9 Å². The third kappa shape index (κ3) is 5.79. The fraction of sp³-hybridized carbons (Fsp3) is 0.440. The second-order valence-corrected chi connectivity index (χ2v) is 7.98. The van der Waals surface area contributed by atoms with Crippen LogP contribution in [0.3, 0.4) is 0 Å². The SMILES string of the molecule is CCN(CC)CCCC(C)NC(=O)c1cc(-c2ccc(C)o2)nn1-c1ccc(OC)cc1. The first kappa shape index (κ1) is 23.6. The minimum absolute atomic E-state index is 0.0617. The lowest BCUT2D eigenvalue weighted by molar-refractivity contribution is 0.0929. The van der Waals surface area contributed by atoms with Gasteiger partial charge in [0.05, 0.1) is 12.8 Å². The van der Waals surface area contributed by atoms with Crippen molar-refractivity contribution in [3.63, 3.8) is 0 Å². The van der Waals surface area contributed by atoms with Crippen molar-refractivity contribution in [1.29, 1.82) is 0 Å². The van der Waals surface area contributed by atoms with E-state index in [1.54, 1.807) is 17.9 Å². The molecule has 1 unspecified atom stereocenters. The Balaban J connectivity index is 1.80. The molecule has 0 radical (unpaired) electrons. The topological polar surface area (TPSA) is 72.5 Å². The van der Waals surface area contributed by atoms with E-state index in [9.17, 15) is 4.79 Å². The number of nitrogens with zero attached hydrogens (tertiary/aromatic N) is 3. The molecule has 0 fully saturated rings. The summed E-state index contributed by atoms with van der Waals surface area (Å²) < 4.78 is 12.6. The van der Waals surface area contributed by atoms with Crippen LogP contribution in [0.5, 0.6) is 5.75 Å². The molecule has 1 aromatic carbocycles. The van der Waals surface area contributed by atoms with E-state index in [4.69, 9.17) is 9.15 Å². The summed E-state index contributed by atoms with van der Waals surface area (Å²) in [4.78, 5) is 15.6. The van der Waals surface area contributed by atoms with Gasteiger partial charge in [-0.3, -0.25) is 4.79 Å². The van der Waals surface area contributed by atoms with E-state index in [-0.39, 0.29) is 11.9 Å². The normalized spacial score (nSPS) is 12.2. The predicted molar refractivity (Wildman–Crippen MR) is 127 cm³/mol. The van der Waals surface area contributed by atoms with Crippen molar-refractivity contribution in [2.24, 2.45) is 0 Å². The molecule has 0 aliphatic rings. The number of furan rings is 1. The van der Waals surface area contributed by atoms with Gasteiger partial charge in [0.25, 0.3) is 5.91 Å². The van der Waals surface area contributed by atoms with Gasteiger partial charge in [-0.1, -0.05) is 13.8 Å². The molecule has 0 aliphatic heterocycles. The Morgan fingerprint density at radius 2 is 1.91 bits per heavy atom. The van der Waals surface area contributed by atoms with Crippen LogP contribution in [0, 0.1) is 6.92 Å². The molecule has 1 amide bonds. The van der Waals surface area contributed by atoms with Crippen molar-refractivity contribution >= 4 is 5.91 Å². The van der Waals surface area contributed by atoms with Gasteiger partial charge in [-0.25, -0.2) is 4.68 Å². The van der Waals surface area contributed by atoms with E-state index < -0.39 is 0 Å². The lowest BCUT2D eigenvalue weighted by Gasteiger charge is -2.20. The number of hydrogen-bond acceptors (Lipinski definition) is 5. The largest absolute Gasteiger partial charge is 0.497 e. The zero-order valence-corrected chi connectivity index (χ0v) is 19.7. The molecule has 3 aromatic rings. The summed E-state index contributed by atoms with van der Waals surface area (Å²) >= 11 is 0. The van der Waals surface area contributed by atoms with Crippen LogP contribution < -0.4 is 10.1 Å². The van der Waals surface area contributed by atoms with E-state index in [0.29, 0.717) is 17.1 Å². The molecular formula is C25H34N4O3. The van der Waals surface area contributed by atoms with Crippen LogP contribution in [-0.2, 0) is 0 Å². The Hall–Kier alpha value is -3.06. The highest BCUT2D eigenvalue weighted by Crippen LogP contribution is 2.25. The summed E-state index contributed by atoms with van der Waals surface area (Å²) in [7, 11) is 1.63. The van der Waals surface area contributed by atoms with E-state index in [0.717, 1.165) is 49.7 Å². The molecule has 32 heavy (non-hydrogen) atoms. The van der Waals surface area contributed by atoms with Crippen LogP contribution in [-0.4, -0.2) is 53.4 Å². The van der Waals surface area contributed by atoms with Gasteiger partial charge in [-0.2, -0.15) is 5.10 Å². The third-order valence-corrected chi connectivity index (χ3v) is 5.64. The molecule has 0 saturated heterocycles. The fourth-order valence-electron chi connectivity index (χ4n) is 3.69. The first-order chi connectivity index (χ1) is 15.4. The van der Waals surface area contributed by atoms with Crippen molar-refractivity contribution < 1.29 is 13.9 Å². The summed E-state index contributed by atoms with van der Waals surface area (Å²) in [5, 5.41) is 7.81. The van der Waals surface area contributed by atoms with Gasteiger partial charge in [0.1, 0.15) is 22.9 Å². The average Bonchev–Trinajstić information content (AvgIpc) is 3.43. The van der Waals surface area contributed by atoms with Crippen LogP contribution >= 0.6 is 0 Å². The first-order valence-electron chi connectivity index (χ1n) is 11.3. The van der Waals surface area contributed by atoms with Crippen LogP contribution in [0.25, 0.3) is 17.1 Å². The number of methoxy groups -OCH3 is 1. The smallest absolute Gasteiger partial charge is 0.270 e. The number of carbonyl (C=O) groups excluding carboxylic acids is 1. The highest BCUT2D eigenvalue weighted by atomic mass is 16.5. The van der Waals surface area contributed by atoms with E-state index in [1.165, 1.54) is 0 Å². The van der Waals surface area contributed by atoms with Crippen LogP contribution in [0.1, 0.15) is 49.9 Å². The van der Waals surface area contributed by atoms with Gasteiger partial charge >= 0.3 is 0 Å². The van der Waals surface area contributed by atoms with Crippen molar-refractivity contribution in [2.75, 3.05) is 26.7 Å². The van der Waals surface area contributed by atoms with Crippen molar-refractivity contribution in [3.05, 3.63) is 53.9 Å². The third-order valence-electron chi connectivity index (χ3n) is 5.64. The standard InChI is InChI=1S/C25H34N4O3/c1-6-28(7-2)16-8-9-18(3)26-25(30)23-17-22(24-15-10-19(4)32-24)27-29(23)20-11-13-21(31-5)14-12-20/h10-15,17-18H,6-9,16H2,1-5H3,(H,26,30). The summed E-state index contributed by atoms with van der Waals surface area (Å²) in [6.45, 7) is 11.4. The van der Waals surface area contributed by atoms with Gasteiger partial charge in [-0.05, 0) is 82.7 Å². The minimum atomic E-state index is -0.154. The number of amides is 1. The quantitative estimate of drug-likeness (QED) is 0.470. The Bertz CT molecular complexity index is 1000. The molecule has 7 nitrogen and oxygen atoms in total. The molecule has 1 N–H and O–H groups in total. The fourth-order valence-corrected chi connectivity index (χ4v) is 3.69. The molecular weight excluding hydrogens is 404 g/mol. The number of nitrogens with one attached hydrogen (secondary N) is 1. The lowest BCUT2D eigenvalue weighted by Crippen LogP contribution is -2.34. The molecule has 0 bridgehead atoms. The number of hydrogen-bond donors (Lipinski definition) is 1. The summed E-state index contributed by atoms with van der Waals surface area (Å²) in [6.07, 6.45) is 1.96. The molecule has 2 aromatic heterocycles. The maximum Gasteiger partial charge on any atom is 0.270 e. The van der Waals surface area contributed by atoms with Gasteiger partial charge in [0, 0.05) is 12.1 Å². The maximum absolute atomic E-state index is 13.2. The summed E-state index contributed by atoms with van der Waals surface area (Å²) in [6, 6.07) is 13.1. The number of aromatic nitrogens is 2. The summed E-state index contributed by atoms with van der Waals surface area (Å²) in [5.41, 5.74) is 1.86. The van der Waals surface area contributed by atoms with E-state index >= 15 is 0 Å². The molecule has 0 aliphatic carbocycles. The number of carbonyl (C=O) groups is 1. The van der Waals surface area contributed by atoms with Gasteiger partial charge in [-0.15, -0.1) is 0 Å². The Kier molecular flexibility index (Phi) is 8.11. The molecule has 0 saturated carbocycles. The van der Waals surface area contributed by atoms with E-state index in [1.807, 2.05) is 50.2 Å². The summed E-state index contributed by atoms with van der Waals surface area (Å²) in [5.74, 6) is 2.02. The number of benzene rings is 1. The molecule has 7 heteroatoms. The molecule has 1 atom stereocenters. The van der Waals surface area contributed by atoms with Crippen LogP contribution in [0.4, 0.5) is 0 Å². The van der Waals surface area contributed by atoms with Gasteiger partial charge < -0.3 is 19.4 Å². The average molecular weight is 439 g/mol. The van der Waals surface area contributed by atoms with Crippen LogP contribution in [0.2, 0.25) is 0 Å². The molecule has 172 valence electrons. The molecule has 2 heterocycles. The monoisotopic (exact) mass is 438 g/mol. The van der Waals surface area contributed by atoms with Crippen molar-refractivity contribution in [2.45, 2.75) is 46.6 Å². The number of aryl methyl sites for hydroxylation is 1. The number of rotatable bonds is 11. The van der Waals surface area contributed by atoms with E-state index in [2.05, 4.69) is 29.2 Å². The Morgan fingerprint density at radius 3 is 2.50 bits per heavy atom. The Morgan fingerprint density at radius 1 is 1.19 bits per heavy atom. The van der Waals surface area contributed by atoms with Crippen molar-refractivity contribution in [1.82, 2.24) is 20.0 Å². The van der Waals surface area contributed by atoms with Crippen molar-refractivity contribution in [3.8, 4) is 22.9 Å². The highest BCUT2D eigenvalue weighted by molar-refractivity contribution is 5.94. The zero-order chi connectivity index (χ0) is 23.1. The lowest BCUT2D eigenvalue weighted by atomic mass is 10.1. The predicted octanol–water partition coefficient (Wildman–Crippen LogP) is 4.69. The second kappa shape index (κ2) is 11.0. The highest BCUT2D eigenvalue weighted by Gasteiger charge is 2.20. The maximum atomic E-state index is 13.2. The zero-order valence-electron chi connectivity index (χ0n) is 19.7. The van der Waals surface area contributed by atoms with Gasteiger partial charge in [0.15, 0.2) is 5.76 Å². The second-order valence-electron chi connectivity index (χ2n) is 7.98. The number of ether oxygens (including phenoxy) is 1. The first-order valence-corrected chi connectivity index (χ1v) is 11.3. The molecule has 3 rings (SSSR count). The minimum Gasteiger partial charge on any atom is -0.497 e.